The van der Waals surface area contributed by atoms with Crippen LogP contribution in [0.15, 0.2) is 12.1 Å². The summed E-state index contributed by atoms with van der Waals surface area (Å²) >= 11 is 1.24. The predicted molar refractivity (Wildman–Crippen MR) is 61.2 cm³/mol. The Labute approximate surface area is 102 Å². The first kappa shape index (κ1) is 13.3. The standard InChI is InChI=1S/C10H13NO5S/c1-14-7-5-4-6(17-7)8(9(12)15-2)11-10(13)16-3/h4-5,8H,1-3H3,(H,11,13). The Morgan fingerprint density at radius 3 is 2.41 bits per heavy atom. The molecule has 1 rings (SSSR count). The van der Waals surface area contributed by atoms with E-state index in [0.717, 1.165) is 0 Å². The highest BCUT2D eigenvalue weighted by atomic mass is 32.1. The number of rotatable bonds is 4. The minimum Gasteiger partial charge on any atom is -0.487 e. The van der Waals surface area contributed by atoms with Crippen molar-refractivity contribution in [3.8, 4) is 5.06 Å². The predicted octanol–water partition coefficient (Wildman–Crippen LogP) is 1.33. The molecular weight excluding hydrogens is 246 g/mol. The lowest BCUT2D eigenvalue weighted by atomic mass is 10.2. The lowest BCUT2D eigenvalue weighted by molar-refractivity contribution is -0.143. The molecule has 7 heteroatoms. The second kappa shape index (κ2) is 6.09. The largest absolute Gasteiger partial charge is 0.487 e. The van der Waals surface area contributed by atoms with Gasteiger partial charge in [0, 0.05) is 4.88 Å². The molecule has 0 bridgehead atoms. The van der Waals surface area contributed by atoms with Gasteiger partial charge >= 0.3 is 12.1 Å². The second-order valence-electron chi connectivity index (χ2n) is 2.95. The van der Waals surface area contributed by atoms with Crippen LogP contribution in [0.1, 0.15) is 10.9 Å². The van der Waals surface area contributed by atoms with E-state index in [0.29, 0.717) is 9.94 Å². The van der Waals surface area contributed by atoms with Crippen LogP contribution in [0, 0.1) is 0 Å². The Hall–Kier alpha value is -1.76. The molecule has 0 radical (unpaired) electrons. The van der Waals surface area contributed by atoms with E-state index in [-0.39, 0.29) is 0 Å². The summed E-state index contributed by atoms with van der Waals surface area (Å²) in [5.74, 6) is -0.570. The number of alkyl carbamates (subject to hydrolysis) is 1. The van der Waals surface area contributed by atoms with E-state index in [2.05, 4.69) is 14.8 Å². The molecule has 0 saturated carbocycles. The molecule has 1 unspecified atom stereocenters. The van der Waals surface area contributed by atoms with E-state index in [1.54, 1.807) is 12.1 Å². The smallest absolute Gasteiger partial charge is 0.407 e. The van der Waals surface area contributed by atoms with Gasteiger partial charge in [-0.1, -0.05) is 0 Å². The van der Waals surface area contributed by atoms with Crippen LogP contribution in [-0.4, -0.2) is 33.4 Å². The van der Waals surface area contributed by atoms with Crippen molar-refractivity contribution in [2.45, 2.75) is 6.04 Å². The Kier molecular flexibility index (Phi) is 4.77. The van der Waals surface area contributed by atoms with Gasteiger partial charge in [0.25, 0.3) is 0 Å². The summed E-state index contributed by atoms with van der Waals surface area (Å²) in [6, 6.07) is 2.50. The molecule has 0 aliphatic carbocycles. The number of amides is 1. The van der Waals surface area contributed by atoms with Crippen molar-refractivity contribution < 1.29 is 23.8 Å². The van der Waals surface area contributed by atoms with E-state index in [1.807, 2.05) is 0 Å². The number of esters is 1. The first-order chi connectivity index (χ1) is 8.12. The maximum atomic E-state index is 11.5. The zero-order valence-electron chi connectivity index (χ0n) is 9.68. The molecule has 1 heterocycles. The molecule has 0 aliphatic rings. The van der Waals surface area contributed by atoms with Crippen molar-refractivity contribution in [1.82, 2.24) is 5.32 Å². The molecule has 1 amide bonds. The van der Waals surface area contributed by atoms with Crippen LogP contribution >= 0.6 is 11.3 Å². The third kappa shape index (κ3) is 3.35. The van der Waals surface area contributed by atoms with Gasteiger partial charge in [-0.2, -0.15) is 0 Å². The molecule has 94 valence electrons. The first-order valence-corrected chi connectivity index (χ1v) is 5.50. The highest BCUT2D eigenvalue weighted by Crippen LogP contribution is 2.29. The number of hydrogen-bond donors (Lipinski definition) is 1. The summed E-state index contributed by atoms with van der Waals surface area (Å²) in [6.07, 6.45) is -0.701. The number of nitrogens with one attached hydrogen (secondary N) is 1. The van der Waals surface area contributed by atoms with Gasteiger partial charge in [0.05, 0.1) is 21.3 Å². The van der Waals surface area contributed by atoms with Gasteiger partial charge < -0.3 is 19.5 Å². The van der Waals surface area contributed by atoms with Crippen LogP contribution < -0.4 is 10.1 Å². The van der Waals surface area contributed by atoms with Crippen LogP contribution in [0.2, 0.25) is 0 Å². The topological polar surface area (TPSA) is 73.9 Å². The zero-order chi connectivity index (χ0) is 12.8. The third-order valence-corrected chi connectivity index (χ3v) is 3.08. The molecule has 1 aromatic rings. The Morgan fingerprint density at radius 1 is 1.24 bits per heavy atom. The van der Waals surface area contributed by atoms with E-state index in [1.165, 1.54) is 32.7 Å². The normalized spacial score (nSPS) is 11.5. The second-order valence-corrected chi connectivity index (χ2v) is 4.03. The molecule has 1 aromatic heterocycles. The van der Waals surface area contributed by atoms with Gasteiger partial charge in [0.1, 0.15) is 0 Å². The molecule has 6 nitrogen and oxygen atoms in total. The maximum Gasteiger partial charge on any atom is 0.407 e. The van der Waals surface area contributed by atoms with Crippen LogP contribution in [0.5, 0.6) is 5.06 Å². The molecule has 0 aromatic carbocycles. The van der Waals surface area contributed by atoms with Gasteiger partial charge in [-0.15, -0.1) is 11.3 Å². The fourth-order valence-corrected chi connectivity index (χ4v) is 2.00. The molecular formula is C10H13NO5S. The van der Waals surface area contributed by atoms with Crippen LogP contribution in [0.3, 0.4) is 0 Å². The number of ether oxygens (including phenoxy) is 3. The molecule has 0 fully saturated rings. The fraction of sp³-hybridized carbons (Fsp3) is 0.400. The van der Waals surface area contributed by atoms with Gasteiger partial charge in [-0.25, -0.2) is 9.59 Å². The number of carbonyl (C=O) groups excluding carboxylic acids is 2. The van der Waals surface area contributed by atoms with Crippen LogP contribution in [0.4, 0.5) is 4.79 Å². The number of carbonyl (C=O) groups is 2. The van der Waals surface area contributed by atoms with E-state index in [4.69, 9.17) is 4.74 Å². The van der Waals surface area contributed by atoms with E-state index < -0.39 is 18.1 Å². The summed E-state index contributed by atoms with van der Waals surface area (Å²) in [5, 5.41) is 3.03. The highest BCUT2D eigenvalue weighted by Gasteiger charge is 2.25. The van der Waals surface area contributed by atoms with Crippen molar-refractivity contribution in [2.24, 2.45) is 0 Å². The van der Waals surface area contributed by atoms with Crippen molar-refractivity contribution in [3.05, 3.63) is 17.0 Å². The van der Waals surface area contributed by atoms with Gasteiger partial charge in [-0.05, 0) is 12.1 Å². The highest BCUT2D eigenvalue weighted by molar-refractivity contribution is 7.14. The SMILES string of the molecule is COC(=O)NC(C(=O)OC)c1ccc(OC)s1. The van der Waals surface area contributed by atoms with Crippen LogP contribution in [-0.2, 0) is 14.3 Å². The van der Waals surface area contributed by atoms with Gasteiger partial charge in [-0.3, -0.25) is 0 Å². The van der Waals surface area contributed by atoms with Crippen molar-refractivity contribution in [1.29, 1.82) is 0 Å². The molecule has 0 saturated heterocycles. The summed E-state index contributed by atoms with van der Waals surface area (Å²) in [5.41, 5.74) is 0. The average molecular weight is 259 g/mol. The summed E-state index contributed by atoms with van der Waals surface area (Å²) in [7, 11) is 3.99. The number of methoxy groups -OCH3 is 3. The third-order valence-electron chi connectivity index (χ3n) is 1.97. The zero-order valence-corrected chi connectivity index (χ0v) is 10.5. The van der Waals surface area contributed by atoms with Crippen molar-refractivity contribution in [3.63, 3.8) is 0 Å². The average Bonchev–Trinajstić information content (AvgIpc) is 2.83. The summed E-state index contributed by atoms with van der Waals surface area (Å²) in [4.78, 5) is 23.3. The Bertz CT molecular complexity index is 403. The Balaban J connectivity index is 2.89. The maximum absolute atomic E-state index is 11.5. The summed E-state index contributed by atoms with van der Waals surface area (Å²) in [6.45, 7) is 0. The molecule has 1 N–H and O–H groups in total. The van der Waals surface area contributed by atoms with E-state index in [9.17, 15) is 9.59 Å². The Morgan fingerprint density at radius 2 is 1.94 bits per heavy atom. The molecule has 0 aliphatic heterocycles. The first-order valence-electron chi connectivity index (χ1n) is 4.68. The molecule has 0 spiro atoms. The van der Waals surface area contributed by atoms with Crippen LogP contribution in [0.25, 0.3) is 0 Å². The van der Waals surface area contributed by atoms with Gasteiger partial charge in [0.15, 0.2) is 11.1 Å². The minimum atomic E-state index is -0.888. The number of thiophene rings is 1. The number of hydrogen-bond acceptors (Lipinski definition) is 6. The summed E-state index contributed by atoms with van der Waals surface area (Å²) < 4.78 is 14.1. The fourth-order valence-electron chi connectivity index (χ4n) is 1.14. The van der Waals surface area contributed by atoms with Gasteiger partial charge in [0.2, 0.25) is 0 Å². The van der Waals surface area contributed by atoms with Crippen molar-refractivity contribution >= 4 is 23.4 Å². The van der Waals surface area contributed by atoms with E-state index >= 15 is 0 Å². The lowest BCUT2D eigenvalue weighted by Crippen LogP contribution is -2.33. The lowest BCUT2D eigenvalue weighted by Gasteiger charge is -2.13. The van der Waals surface area contributed by atoms with Crippen molar-refractivity contribution in [2.75, 3.05) is 21.3 Å². The minimum absolute atomic E-state index is 0.570. The quantitative estimate of drug-likeness (QED) is 0.826. The monoisotopic (exact) mass is 259 g/mol. The molecule has 17 heavy (non-hydrogen) atoms. The molecule has 1 atom stereocenters.